The van der Waals surface area contributed by atoms with Crippen LogP contribution < -0.4 is 0 Å². The van der Waals surface area contributed by atoms with Crippen molar-refractivity contribution in [2.24, 2.45) is 4.99 Å². The Labute approximate surface area is 115 Å². The smallest absolute Gasteiger partial charge is 0.275 e. The van der Waals surface area contributed by atoms with Gasteiger partial charge < -0.3 is 0 Å². The summed E-state index contributed by atoms with van der Waals surface area (Å²) in [6, 6.07) is 15.0. The number of halogens is 3. The number of alkyl halides is 3. The summed E-state index contributed by atoms with van der Waals surface area (Å²) in [6.45, 7) is 1.92. The van der Waals surface area contributed by atoms with E-state index in [9.17, 15) is 13.2 Å². The summed E-state index contributed by atoms with van der Waals surface area (Å²) in [5.74, 6) is 0. The third kappa shape index (κ3) is 3.70. The maximum Gasteiger partial charge on any atom is 0.433 e. The minimum Gasteiger partial charge on any atom is -0.275 e. The normalized spacial score (nSPS) is 12.5. The zero-order chi connectivity index (χ0) is 14.6. The van der Waals surface area contributed by atoms with Crippen LogP contribution in [0.5, 0.6) is 0 Å². The highest BCUT2D eigenvalue weighted by molar-refractivity contribution is 6.04. The average Bonchev–Trinajstić information content (AvgIpc) is 2.39. The van der Waals surface area contributed by atoms with Gasteiger partial charge in [0.1, 0.15) is 5.71 Å². The molecule has 0 fully saturated rings. The predicted octanol–water partition coefficient (Wildman–Crippen LogP) is 4.55. The minimum atomic E-state index is -4.45. The molecular weight excluding hydrogens is 263 g/mol. The summed E-state index contributed by atoms with van der Waals surface area (Å²) < 4.78 is 39.2. The fourth-order valence-corrected chi connectivity index (χ4v) is 1.92. The van der Waals surface area contributed by atoms with Crippen molar-refractivity contribution in [3.63, 3.8) is 0 Å². The van der Waals surface area contributed by atoms with Gasteiger partial charge in [0, 0.05) is 5.56 Å². The van der Waals surface area contributed by atoms with Crippen LogP contribution in [-0.4, -0.2) is 11.9 Å². The summed E-state index contributed by atoms with van der Waals surface area (Å²) in [6.07, 6.45) is -4.45. The quantitative estimate of drug-likeness (QED) is 0.730. The first-order valence-electron chi connectivity index (χ1n) is 6.19. The lowest BCUT2D eigenvalue weighted by molar-refractivity contribution is -0.0582. The monoisotopic (exact) mass is 277 g/mol. The van der Waals surface area contributed by atoms with Gasteiger partial charge in [-0.25, -0.2) is 0 Å². The van der Waals surface area contributed by atoms with E-state index in [2.05, 4.69) is 4.99 Å². The molecule has 2 rings (SSSR count). The van der Waals surface area contributed by atoms with E-state index in [0.717, 1.165) is 11.1 Å². The average molecular weight is 277 g/mol. The summed E-state index contributed by atoms with van der Waals surface area (Å²) in [7, 11) is 0. The molecule has 0 N–H and O–H groups in total. The van der Waals surface area contributed by atoms with E-state index in [1.165, 1.54) is 12.1 Å². The van der Waals surface area contributed by atoms with E-state index < -0.39 is 11.9 Å². The van der Waals surface area contributed by atoms with Crippen LogP contribution >= 0.6 is 0 Å². The molecule has 2 aromatic carbocycles. The molecule has 0 aromatic heterocycles. The molecule has 0 unspecified atom stereocenters. The summed E-state index contributed by atoms with van der Waals surface area (Å²) in [5.41, 5.74) is 1.03. The summed E-state index contributed by atoms with van der Waals surface area (Å²) >= 11 is 0. The highest BCUT2D eigenvalue weighted by Gasteiger charge is 2.36. The molecule has 0 aliphatic carbocycles. The first-order valence-corrected chi connectivity index (χ1v) is 6.19. The number of hydrogen-bond acceptors (Lipinski definition) is 1. The molecule has 0 saturated heterocycles. The maximum atomic E-state index is 13.1. The van der Waals surface area contributed by atoms with Crippen molar-refractivity contribution in [1.82, 2.24) is 0 Å². The van der Waals surface area contributed by atoms with E-state index in [1.54, 1.807) is 24.3 Å². The third-order valence-electron chi connectivity index (χ3n) is 2.82. The largest absolute Gasteiger partial charge is 0.433 e. The van der Waals surface area contributed by atoms with Gasteiger partial charge in [-0.3, -0.25) is 4.99 Å². The Morgan fingerprint density at radius 2 is 1.70 bits per heavy atom. The maximum absolute atomic E-state index is 13.1. The van der Waals surface area contributed by atoms with Crippen LogP contribution in [0.2, 0.25) is 0 Å². The van der Waals surface area contributed by atoms with Crippen molar-refractivity contribution in [2.75, 3.05) is 0 Å². The number of hydrogen-bond donors (Lipinski definition) is 0. The van der Waals surface area contributed by atoms with Crippen LogP contribution in [-0.2, 0) is 6.54 Å². The Morgan fingerprint density at radius 1 is 1.00 bits per heavy atom. The lowest BCUT2D eigenvalue weighted by atomic mass is 10.1. The van der Waals surface area contributed by atoms with Gasteiger partial charge in [-0.15, -0.1) is 0 Å². The molecule has 2 aromatic rings. The second-order valence-corrected chi connectivity index (χ2v) is 4.52. The van der Waals surface area contributed by atoms with E-state index in [0.29, 0.717) is 0 Å². The lowest BCUT2D eigenvalue weighted by Gasteiger charge is -2.11. The van der Waals surface area contributed by atoms with Crippen LogP contribution in [0, 0.1) is 6.92 Å². The molecule has 0 aliphatic heterocycles. The van der Waals surface area contributed by atoms with Crippen molar-refractivity contribution < 1.29 is 13.2 Å². The van der Waals surface area contributed by atoms with Gasteiger partial charge in [0.15, 0.2) is 0 Å². The Bertz CT molecular complexity index is 601. The van der Waals surface area contributed by atoms with Crippen molar-refractivity contribution >= 4 is 5.71 Å². The topological polar surface area (TPSA) is 12.4 Å². The highest BCUT2D eigenvalue weighted by Crippen LogP contribution is 2.23. The molecule has 1 nitrogen and oxygen atoms in total. The SMILES string of the molecule is Cc1cccc(CN=C(c2ccccc2)C(F)(F)F)c1. The molecule has 4 heteroatoms. The van der Waals surface area contributed by atoms with Crippen molar-refractivity contribution in [3.8, 4) is 0 Å². The standard InChI is InChI=1S/C16H14F3N/c1-12-6-5-7-13(10-12)11-20-15(16(17,18)19)14-8-3-2-4-9-14/h2-10H,11H2,1H3. The molecule has 0 saturated carbocycles. The Balaban J connectivity index is 2.31. The fraction of sp³-hybridized carbons (Fsp3) is 0.188. The van der Waals surface area contributed by atoms with Crippen molar-refractivity contribution in [1.29, 1.82) is 0 Å². The Morgan fingerprint density at radius 3 is 2.30 bits per heavy atom. The van der Waals surface area contributed by atoms with Gasteiger partial charge in [-0.05, 0) is 12.5 Å². The molecule has 0 amide bonds. The fourth-order valence-electron chi connectivity index (χ4n) is 1.92. The van der Waals surface area contributed by atoms with Crippen LogP contribution in [0.1, 0.15) is 16.7 Å². The Kier molecular flexibility index (Phi) is 4.23. The number of aliphatic imine (C=N–C) groups is 1. The lowest BCUT2D eigenvalue weighted by Crippen LogP contribution is -2.24. The molecule has 0 radical (unpaired) electrons. The van der Waals surface area contributed by atoms with E-state index in [-0.39, 0.29) is 12.1 Å². The molecule has 0 aliphatic rings. The molecule has 0 heterocycles. The van der Waals surface area contributed by atoms with Gasteiger partial charge in [-0.2, -0.15) is 13.2 Å². The number of nitrogens with zero attached hydrogens (tertiary/aromatic N) is 1. The number of benzene rings is 2. The predicted molar refractivity (Wildman–Crippen MR) is 73.9 cm³/mol. The zero-order valence-electron chi connectivity index (χ0n) is 11.0. The molecule has 0 bridgehead atoms. The molecule has 104 valence electrons. The second kappa shape index (κ2) is 5.90. The van der Waals surface area contributed by atoms with Crippen LogP contribution in [0.4, 0.5) is 13.2 Å². The molecule has 0 atom stereocenters. The molecular formula is C16H14F3N. The summed E-state index contributed by atoms with van der Waals surface area (Å²) in [4.78, 5) is 3.77. The number of aryl methyl sites for hydroxylation is 1. The van der Waals surface area contributed by atoms with E-state index >= 15 is 0 Å². The zero-order valence-corrected chi connectivity index (χ0v) is 11.0. The highest BCUT2D eigenvalue weighted by atomic mass is 19.4. The van der Waals surface area contributed by atoms with E-state index in [4.69, 9.17) is 0 Å². The Hall–Kier alpha value is -2.10. The van der Waals surface area contributed by atoms with Crippen LogP contribution in [0.3, 0.4) is 0 Å². The van der Waals surface area contributed by atoms with Gasteiger partial charge >= 0.3 is 6.18 Å². The second-order valence-electron chi connectivity index (χ2n) is 4.52. The van der Waals surface area contributed by atoms with Gasteiger partial charge in [0.2, 0.25) is 0 Å². The first-order chi connectivity index (χ1) is 9.47. The number of rotatable bonds is 3. The molecule has 20 heavy (non-hydrogen) atoms. The van der Waals surface area contributed by atoms with Gasteiger partial charge in [0.25, 0.3) is 0 Å². The van der Waals surface area contributed by atoms with Crippen LogP contribution in [0.25, 0.3) is 0 Å². The van der Waals surface area contributed by atoms with Crippen molar-refractivity contribution in [3.05, 3.63) is 71.3 Å². The van der Waals surface area contributed by atoms with Gasteiger partial charge in [-0.1, -0.05) is 60.2 Å². The van der Waals surface area contributed by atoms with Crippen LogP contribution in [0.15, 0.2) is 59.6 Å². The van der Waals surface area contributed by atoms with Crippen molar-refractivity contribution in [2.45, 2.75) is 19.6 Å². The summed E-state index contributed by atoms with van der Waals surface area (Å²) in [5, 5.41) is 0. The first kappa shape index (κ1) is 14.3. The third-order valence-corrected chi connectivity index (χ3v) is 2.82. The molecule has 0 spiro atoms. The van der Waals surface area contributed by atoms with E-state index in [1.807, 2.05) is 25.1 Å². The van der Waals surface area contributed by atoms with Gasteiger partial charge in [0.05, 0.1) is 6.54 Å². The minimum absolute atomic E-state index is 0.0193.